The number of hydrogen-bond donors (Lipinski definition) is 0. The quantitative estimate of drug-likeness (QED) is 0.279. The van der Waals surface area contributed by atoms with Crippen molar-refractivity contribution in [2.75, 3.05) is 0 Å². The lowest BCUT2D eigenvalue weighted by atomic mass is 9.75. The fourth-order valence-corrected chi connectivity index (χ4v) is 10.6. The van der Waals surface area contributed by atoms with Crippen LogP contribution in [0.1, 0.15) is 52.7 Å². The van der Waals surface area contributed by atoms with Gasteiger partial charge in [-0.25, -0.2) is 0 Å². The van der Waals surface area contributed by atoms with Gasteiger partial charge in [-0.2, -0.15) is 0 Å². The van der Waals surface area contributed by atoms with Gasteiger partial charge in [0.1, 0.15) is 0 Å². The van der Waals surface area contributed by atoms with Crippen molar-refractivity contribution in [1.29, 1.82) is 0 Å². The van der Waals surface area contributed by atoms with Gasteiger partial charge < -0.3 is 0 Å². The first-order chi connectivity index (χ1) is 15.7. The van der Waals surface area contributed by atoms with Gasteiger partial charge in [0, 0.05) is 0 Å². The smallest absolute Gasteiger partial charge is 0.0623 e. The van der Waals surface area contributed by atoms with Gasteiger partial charge in [0.25, 0.3) is 0 Å². The average Bonchev–Trinajstić information content (AvgIpc) is 2.80. The van der Waals surface area contributed by atoms with Gasteiger partial charge >= 0.3 is 0 Å². The van der Waals surface area contributed by atoms with Gasteiger partial charge in [-0.05, 0) is 42.7 Å². The molecule has 0 bridgehead atoms. The normalized spacial score (nSPS) is 12.5. The second-order valence-electron chi connectivity index (χ2n) is 11.1. The van der Waals surface area contributed by atoms with Crippen LogP contribution in [0.2, 0.25) is 0 Å². The van der Waals surface area contributed by atoms with Crippen molar-refractivity contribution in [2.24, 2.45) is 0 Å². The molecule has 0 spiro atoms. The Bertz CT molecular complexity index is 1100. The average molecular weight is 449 g/mol. The monoisotopic (exact) mass is 448 g/mol. The molecule has 0 amide bonds. The standard InChI is InChI=1S/C32H36Si/c1-31(2,3)28-23-16-24-29(30(28)32(4,5)6)33(25-17-10-7-11-18-25,26-19-12-8-13-20-26)27-21-14-9-15-22-27/h7-24H,1-6H3. The van der Waals surface area contributed by atoms with Crippen LogP contribution in [0.5, 0.6) is 0 Å². The minimum atomic E-state index is -2.56. The Hall–Kier alpha value is -2.90. The summed E-state index contributed by atoms with van der Waals surface area (Å²) in [5.74, 6) is 0. The Morgan fingerprint density at radius 1 is 0.424 bits per heavy atom. The predicted octanol–water partition coefficient (Wildman–Crippen LogP) is 5.66. The maximum absolute atomic E-state index is 2.56. The van der Waals surface area contributed by atoms with Crippen LogP contribution in [0.15, 0.2) is 109 Å². The Morgan fingerprint density at radius 2 is 0.818 bits per heavy atom. The van der Waals surface area contributed by atoms with E-state index in [0.717, 1.165) is 0 Å². The van der Waals surface area contributed by atoms with Gasteiger partial charge in [-0.3, -0.25) is 0 Å². The van der Waals surface area contributed by atoms with Crippen LogP contribution < -0.4 is 20.7 Å². The van der Waals surface area contributed by atoms with E-state index in [4.69, 9.17) is 0 Å². The lowest BCUT2D eigenvalue weighted by molar-refractivity contribution is 0.533. The highest BCUT2D eigenvalue weighted by molar-refractivity contribution is 7.20. The Kier molecular flexibility index (Phi) is 6.20. The van der Waals surface area contributed by atoms with E-state index in [2.05, 4.69) is 151 Å². The van der Waals surface area contributed by atoms with E-state index in [-0.39, 0.29) is 10.8 Å². The highest BCUT2D eigenvalue weighted by Gasteiger charge is 2.45. The van der Waals surface area contributed by atoms with E-state index in [1.807, 2.05) is 0 Å². The number of rotatable bonds is 4. The Balaban J connectivity index is 2.26. The fraction of sp³-hybridized carbons (Fsp3) is 0.250. The van der Waals surface area contributed by atoms with Crippen molar-refractivity contribution in [3.63, 3.8) is 0 Å². The summed E-state index contributed by atoms with van der Waals surface area (Å²) in [6, 6.07) is 40.8. The Morgan fingerprint density at radius 3 is 1.15 bits per heavy atom. The van der Waals surface area contributed by atoms with Crippen molar-refractivity contribution in [1.82, 2.24) is 0 Å². The highest BCUT2D eigenvalue weighted by Crippen LogP contribution is 2.34. The van der Waals surface area contributed by atoms with Crippen molar-refractivity contribution < 1.29 is 0 Å². The van der Waals surface area contributed by atoms with Crippen LogP contribution in [0, 0.1) is 0 Å². The summed E-state index contributed by atoms with van der Waals surface area (Å²) in [7, 11) is -2.56. The first-order valence-corrected chi connectivity index (χ1v) is 14.0. The van der Waals surface area contributed by atoms with Crippen LogP contribution in [0.3, 0.4) is 0 Å². The molecule has 4 aromatic carbocycles. The third-order valence-corrected chi connectivity index (χ3v) is 11.5. The van der Waals surface area contributed by atoms with Crippen LogP contribution >= 0.6 is 0 Å². The fourth-order valence-electron chi connectivity index (χ4n) is 5.33. The molecule has 0 aliphatic heterocycles. The SMILES string of the molecule is CC(C)(C)c1cccc([Si](c2ccccc2)(c2ccccc2)c2ccccc2)c1C(C)(C)C. The van der Waals surface area contributed by atoms with E-state index in [1.54, 1.807) is 0 Å². The zero-order chi connectivity index (χ0) is 23.7. The van der Waals surface area contributed by atoms with Crippen LogP contribution in [0.25, 0.3) is 0 Å². The molecule has 0 radical (unpaired) electrons. The lowest BCUT2D eigenvalue weighted by Gasteiger charge is -2.41. The summed E-state index contributed by atoms with van der Waals surface area (Å²) in [6.45, 7) is 14.2. The van der Waals surface area contributed by atoms with Crippen molar-refractivity contribution in [3.8, 4) is 0 Å². The Labute approximate surface area is 201 Å². The predicted molar refractivity (Wildman–Crippen MR) is 147 cm³/mol. The summed E-state index contributed by atoms with van der Waals surface area (Å²) in [4.78, 5) is 0. The molecule has 1 heteroatoms. The maximum atomic E-state index is 2.43. The molecule has 0 aliphatic rings. The van der Waals surface area contributed by atoms with Gasteiger partial charge in [0.05, 0.1) is 0 Å². The van der Waals surface area contributed by atoms with E-state index < -0.39 is 8.07 Å². The van der Waals surface area contributed by atoms with E-state index >= 15 is 0 Å². The molecule has 168 valence electrons. The summed E-state index contributed by atoms with van der Waals surface area (Å²) in [5.41, 5.74) is 3.02. The third kappa shape index (κ3) is 4.23. The summed E-state index contributed by atoms with van der Waals surface area (Å²) >= 11 is 0. The zero-order valence-corrected chi connectivity index (χ0v) is 21.9. The van der Waals surface area contributed by atoms with Crippen molar-refractivity contribution >= 4 is 28.8 Å². The maximum Gasteiger partial charge on any atom is 0.179 e. The van der Waals surface area contributed by atoms with Crippen LogP contribution in [0.4, 0.5) is 0 Å². The van der Waals surface area contributed by atoms with Crippen molar-refractivity contribution in [2.45, 2.75) is 52.4 Å². The minimum Gasteiger partial charge on any atom is -0.0623 e. The molecule has 0 unspecified atom stereocenters. The molecule has 0 N–H and O–H groups in total. The molecule has 33 heavy (non-hydrogen) atoms. The molecule has 0 nitrogen and oxygen atoms in total. The molecular weight excluding hydrogens is 412 g/mol. The molecular formula is C32H36Si. The molecule has 0 aromatic heterocycles. The van der Waals surface area contributed by atoms with Gasteiger partial charge in [-0.1, -0.05) is 151 Å². The highest BCUT2D eigenvalue weighted by atomic mass is 28.3. The van der Waals surface area contributed by atoms with E-state index in [9.17, 15) is 0 Å². The second kappa shape index (κ2) is 8.80. The van der Waals surface area contributed by atoms with Crippen molar-refractivity contribution in [3.05, 3.63) is 120 Å². The molecule has 0 saturated carbocycles. The van der Waals surface area contributed by atoms with Crippen LogP contribution in [-0.2, 0) is 10.8 Å². The topological polar surface area (TPSA) is 0 Å². The second-order valence-corrected chi connectivity index (χ2v) is 14.8. The third-order valence-electron chi connectivity index (χ3n) is 6.65. The zero-order valence-electron chi connectivity index (χ0n) is 20.9. The largest absolute Gasteiger partial charge is 0.179 e. The number of hydrogen-bond acceptors (Lipinski definition) is 0. The molecule has 4 rings (SSSR count). The van der Waals surface area contributed by atoms with Crippen LogP contribution in [-0.4, -0.2) is 8.07 Å². The minimum absolute atomic E-state index is 0.00972. The number of benzene rings is 4. The lowest BCUT2D eigenvalue weighted by Crippen LogP contribution is -2.76. The van der Waals surface area contributed by atoms with E-state index in [0.29, 0.717) is 0 Å². The molecule has 4 aromatic rings. The molecule has 0 fully saturated rings. The van der Waals surface area contributed by atoms with Gasteiger partial charge in [0.15, 0.2) is 8.07 Å². The molecule has 0 atom stereocenters. The molecule has 0 aliphatic carbocycles. The molecule has 0 saturated heterocycles. The summed E-state index contributed by atoms with van der Waals surface area (Å²) in [6.07, 6.45) is 0. The first kappa shape index (κ1) is 23.3. The summed E-state index contributed by atoms with van der Waals surface area (Å²) < 4.78 is 0. The van der Waals surface area contributed by atoms with Gasteiger partial charge in [-0.15, -0.1) is 0 Å². The first-order valence-electron chi connectivity index (χ1n) is 12.0. The summed E-state index contributed by atoms with van der Waals surface area (Å²) in [5, 5.41) is 5.79. The van der Waals surface area contributed by atoms with Gasteiger partial charge in [0.2, 0.25) is 0 Å². The van der Waals surface area contributed by atoms with E-state index in [1.165, 1.54) is 31.9 Å². The molecule has 0 heterocycles.